The highest BCUT2D eigenvalue weighted by Crippen LogP contribution is 2.34. The van der Waals surface area contributed by atoms with Gasteiger partial charge in [-0.15, -0.1) is 0 Å². The van der Waals surface area contributed by atoms with E-state index < -0.39 is 5.91 Å². The Balaban J connectivity index is 1.37. The maximum absolute atomic E-state index is 12.8. The van der Waals surface area contributed by atoms with Crippen LogP contribution in [0.5, 0.6) is 11.5 Å². The Labute approximate surface area is 222 Å². The number of amides is 3. The van der Waals surface area contributed by atoms with Crippen molar-refractivity contribution in [1.29, 1.82) is 0 Å². The number of imide groups is 1. The van der Waals surface area contributed by atoms with Crippen molar-refractivity contribution >= 4 is 63.8 Å². The molecule has 36 heavy (non-hydrogen) atoms. The highest BCUT2D eigenvalue weighted by Gasteiger charge is 2.35. The lowest BCUT2D eigenvalue weighted by Crippen LogP contribution is -2.32. The van der Waals surface area contributed by atoms with Gasteiger partial charge in [-0.05, 0) is 60.3 Å². The minimum Gasteiger partial charge on any atom is -0.492 e. The number of rotatable bonds is 9. The fourth-order valence-corrected chi connectivity index (χ4v) is 4.41. The van der Waals surface area contributed by atoms with Crippen molar-refractivity contribution in [2.24, 2.45) is 0 Å². The second-order valence-corrected chi connectivity index (χ2v) is 9.33. The molecule has 3 aromatic rings. The first-order valence-electron chi connectivity index (χ1n) is 10.8. The lowest BCUT2D eigenvalue weighted by Gasteiger charge is -2.13. The van der Waals surface area contributed by atoms with E-state index in [0.29, 0.717) is 32.8 Å². The number of nitrogens with one attached hydrogen (secondary N) is 1. The molecule has 0 bridgehead atoms. The van der Waals surface area contributed by atoms with Gasteiger partial charge in [0.05, 0.1) is 22.2 Å². The molecule has 0 aromatic heterocycles. The molecule has 7 nitrogen and oxygen atoms in total. The SMILES string of the molecule is O=C(COc1ccccc1/C=C1\SC(=O)N(CCOc2ccc(Cl)cc2)C1=O)Nc1ccccc1Cl. The molecule has 1 fully saturated rings. The third kappa shape index (κ3) is 6.60. The van der Waals surface area contributed by atoms with Crippen LogP contribution in [0.4, 0.5) is 10.5 Å². The highest BCUT2D eigenvalue weighted by molar-refractivity contribution is 8.18. The van der Waals surface area contributed by atoms with Gasteiger partial charge in [-0.25, -0.2) is 0 Å². The first kappa shape index (κ1) is 25.6. The van der Waals surface area contributed by atoms with Gasteiger partial charge < -0.3 is 14.8 Å². The summed E-state index contributed by atoms with van der Waals surface area (Å²) < 4.78 is 11.3. The van der Waals surface area contributed by atoms with E-state index in [1.54, 1.807) is 78.9 Å². The van der Waals surface area contributed by atoms with Crippen molar-refractivity contribution in [2.75, 3.05) is 25.1 Å². The lowest BCUT2D eigenvalue weighted by molar-refractivity contribution is -0.123. The third-order valence-electron chi connectivity index (χ3n) is 4.98. The zero-order chi connectivity index (χ0) is 25.5. The summed E-state index contributed by atoms with van der Waals surface area (Å²) in [6, 6.07) is 20.6. The van der Waals surface area contributed by atoms with Crippen molar-refractivity contribution < 1.29 is 23.9 Å². The van der Waals surface area contributed by atoms with Crippen LogP contribution in [0.15, 0.2) is 77.7 Å². The number of carbonyl (C=O) groups is 3. The van der Waals surface area contributed by atoms with E-state index in [4.69, 9.17) is 32.7 Å². The molecule has 0 saturated carbocycles. The van der Waals surface area contributed by atoms with Gasteiger partial charge in [0.25, 0.3) is 17.1 Å². The molecule has 0 unspecified atom stereocenters. The van der Waals surface area contributed by atoms with Crippen LogP contribution in [0.3, 0.4) is 0 Å². The Morgan fingerprint density at radius 2 is 1.67 bits per heavy atom. The van der Waals surface area contributed by atoms with Gasteiger partial charge in [-0.1, -0.05) is 53.5 Å². The van der Waals surface area contributed by atoms with Gasteiger partial charge in [0.15, 0.2) is 6.61 Å². The number of hydrogen-bond acceptors (Lipinski definition) is 6. The Kier molecular flexibility index (Phi) is 8.53. The number of halogens is 2. The molecule has 4 rings (SSSR count). The van der Waals surface area contributed by atoms with Crippen LogP contribution in [-0.4, -0.2) is 41.7 Å². The normalized spacial score (nSPS) is 14.3. The minimum atomic E-state index is -0.420. The van der Waals surface area contributed by atoms with Crippen molar-refractivity contribution in [1.82, 2.24) is 4.90 Å². The molecule has 1 saturated heterocycles. The van der Waals surface area contributed by atoms with Crippen LogP contribution >= 0.6 is 35.0 Å². The summed E-state index contributed by atoms with van der Waals surface area (Å²) in [5.74, 6) is 0.172. The maximum atomic E-state index is 12.8. The van der Waals surface area contributed by atoms with Crippen LogP contribution in [0.2, 0.25) is 10.0 Å². The van der Waals surface area contributed by atoms with Gasteiger partial charge in [0.1, 0.15) is 18.1 Å². The van der Waals surface area contributed by atoms with Crippen LogP contribution in [0.1, 0.15) is 5.56 Å². The first-order valence-corrected chi connectivity index (χ1v) is 12.4. The zero-order valence-electron chi connectivity index (χ0n) is 18.8. The monoisotopic (exact) mass is 542 g/mol. The summed E-state index contributed by atoms with van der Waals surface area (Å²) in [6.45, 7) is -0.0161. The molecular formula is C26H20Cl2N2O5S. The molecule has 0 aliphatic carbocycles. The summed E-state index contributed by atoms with van der Waals surface area (Å²) in [5, 5.41) is 3.30. The lowest BCUT2D eigenvalue weighted by atomic mass is 10.2. The molecule has 0 radical (unpaired) electrons. The van der Waals surface area contributed by atoms with E-state index in [1.165, 1.54) is 0 Å². The van der Waals surface area contributed by atoms with Gasteiger partial charge >= 0.3 is 0 Å². The van der Waals surface area contributed by atoms with Gasteiger partial charge in [-0.2, -0.15) is 0 Å². The second kappa shape index (κ2) is 12.0. The Morgan fingerprint density at radius 3 is 2.44 bits per heavy atom. The van der Waals surface area contributed by atoms with Crippen LogP contribution in [-0.2, 0) is 9.59 Å². The minimum absolute atomic E-state index is 0.102. The van der Waals surface area contributed by atoms with Crippen LogP contribution in [0.25, 0.3) is 6.08 Å². The summed E-state index contributed by atoms with van der Waals surface area (Å²) in [6.07, 6.45) is 1.58. The molecule has 1 heterocycles. The topological polar surface area (TPSA) is 84.9 Å². The molecule has 184 valence electrons. The Morgan fingerprint density at radius 1 is 0.944 bits per heavy atom. The number of anilines is 1. The molecule has 1 aliphatic heterocycles. The standard InChI is InChI=1S/C26H20Cl2N2O5S/c27-18-9-11-19(12-10-18)34-14-13-30-25(32)23(36-26(30)33)15-17-5-1-4-8-22(17)35-16-24(31)29-21-7-3-2-6-20(21)28/h1-12,15H,13-14,16H2,(H,29,31)/b23-15-. The van der Waals surface area contributed by atoms with E-state index in [1.807, 2.05) is 0 Å². The van der Waals surface area contributed by atoms with Crippen molar-refractivity contribution in [3.05, 3.63) is 93.3 Å². The Bertz CT molecular complexity index is 1310. The molecule has 0 atom stereocenters. The predicted molar refractivity (Wildman–Crippen MR) is 142 cm³/mol. The molecular weight excluding hydrogens is 523 g/mol. The maximum Gasteiger partial charge on any atom is 0.293 e. The van der Waals surface area contributed by atoms with E-state index in [-0.39, 0.29) is 35.8 Å². The molecule has 1 aliphatic rings. The summed E-state index contributed by atoms with van der Waals surface area (Å²) in [5.41, 5.74) is 1.04. The first-order chi connectivity index (χ1) is 17.4. The molecule has 0 spiro atoms. The van der Waals surface area contributed by atoms with Crippen molar-refractivity contribution in [3.8, 4) is 11.5 Å². The highest BCUT2D eigenvalue weighted by atomic mass is 35.5. The molecule has 3 amide bonds. The number of carbonyl (C=O) groups excluding carboxylic acids is 3. The van der Waals surface area contributed by atoms with Crippen LogP contribution in [0, 0.1) is 0 Å². The zero-order valence-corrected chi connectivity index (χ0v) is 21.1. The molecule has 10 heteroatoms. The van der Waals surface area contributed by atoms with Crippen LogP contribution < -0.4 is 14.8 Å². The third-order valence-corrected chi connectivity index (χ3v) is 6.47. The van der Waals surface area contributed by atoms with E-state index in [2.05, 4.69) is 5.32 Å². The number of benzene rings is 3. The Hall–Kier alpha value is -3.46. The van der Waals surface area contributed by atoms with E-state index in [0.717, 1.165) is 16.7 Å². The molecule has 1 N–H and O–H groups in total. The van der Waals surface area contributed by atoms with Gasteiger partial charge in [-0.3, -0.25) is 19.3 Å². The summed E-state index contributed by atoms with van der Waals surface area (Å²) in [4.78, 5) is 39.0. The average molecular weight is 543 g/mol. The number of para-hydroxylation sites is 2. The van der Waals surface area contributed by atoms with Gasteiger partial charge in [0.2, 0.25) is 0 Å². The average Bonchev–Trinajstić information content (AvgIpc) is 3.13. The molecule has 3 aromatic carbocycles. The summed E-state index contributed by atoms with van der Waals surface area (Å²) in [7, 11) is 0. The quantitative estimate of drug-likeness (QED) is 0.327. The predicted octanol–water partition coefficient (Wildman–Crippen LogP) is 6.13. The fraction of sp³-hybridized carbons (Fsp3) is 0.115. The van der Waals surface area contributed by atoms with Crippen molar-refractivity contribution in [3.63, 3.8) is 0 Å². The van der Waals surface area contributed by atoms with E-state index >= 15 is 0 Å². The second-order valence-electron chi connectivity index (χ2n) is 7.49. The number of hydrogen-bond donors (Lipinski definition) is 1. The number of thioether (sulfide) groups is 1. The number of ether oxygens (including phenoxy) is 2. The van der Waals surface area contributed by atoms with E-state index in [9.17, 15) is 14.4 Å². The number of nitrogens with zero attached hydrogens (tertiary/aromatic N) is 1. The smallest absolute Gasteiger partial charge is 0.293 e. The van der Waals surface area contributed by atoms with Crippen molar-refractivity contribution in [2.45, 2.75) is 0 Å². The largest absolute Gasteiger partial charge is 0.492 e. The fourth-order valence-electron chi connectivity index (χ4n) is 3.24. The van der Waals surface area contributed by atoms with Gasteiger partial charge in [0, 0.05) is 10.6 Å². The summed E-state index contributed by atoms with van der Waals surface area (Å²) >= 11 is 12.8.